The van der Waals surface area contributed by atoms with Gasteiger partial charge in [0.15, 0.2) is 0 Å². The van der Waals surface area contributed by atoms with E-state index in [-0.39, 0.29) is 17.8 Å². The van der Waals surface area contributed by atoms with E-state index in [0.29, 0.717) is 0 Å². The van der Waals surface area contributed by atoms with Gasteiger partial charge in [-0.25, -0.2) is 13.2 Å². The molecule has 2 heterocycles. The van der Waals surface area contributed by atoms with Gasteiger partial charge in [0.05, 0.1) is 12.6 Å². The highest BCUT2D eigenvalue weighted by Gasteiger charge is 2.42. The highest BCUT2D eigenvalue weighted by molar-refractivity contribution is 5.82. The van der Waals surface area contributed by atoms with Crippen LogP contribution >= 0.6 is 0 Å². The van der Waals surface area contributed by atoms with Crippen molar-refractivity contribution in [3.8, 4) is 0 Å². The average Bonchev–Trinajstić information content (AvgIpc) is 2.92. The summed E-state index contributed by atoms with van der Waals surface area (Å²) >= 11 is 0. The van der Waals surface area contributed by atoms with Gasteiger partial charge < -0.3 is 5.32 Å². The van der Waals surface area contributed by atoms with Crippen LogP contribution in [0.15, 0.2) is 24.3 Å². The Morgan fingerprint density at radius 2 is 1.92 bits per heavy atom. The first-order valence-electron chi connectivity index (χ1n) is 8.30. The molecule has 0 bridgehead atoms. The Morgan fingerprint density at radius 3 is 2.50 bits per heavy atom. The Labute approximate surface area is 139 Å². The summed E-state index contributed by atoms with van der Waals surface area (Å²) in [6.07, 6.45) is 1.15. The number of benzene rings is 1. The van der Waals surface area contributed by atoms with Crippen molar-refractivity contribution in [1.82, 2.24) is 15.5 Å². The smallest absolute Gasteiger partial charge is 0.262 e. The molecule has 2 aliphatic heterocycles. The highest BCUT2D eigenvalue weighted by Crippen LogP contribution is 2.25. The van der Waals surface area contributed by atoms with E-state index in [9.17, 15) is 18.0 Å². The monoisotopic (exact) mass is 341 g/mol. The number of carbonyl (C=O) groups is 1. The van der Waals surface area contributed by atoms with Crippen LogP contribution in [0.1, 0.15) is 24.8 Å². The summed E-state index contributed by atoms with van der Waals surface area (Å²) in [5, 5.41) is 5.46. The molecule has 0 aliphatic carbocycles. The van der Waals surface area contributed by atoms with Crippen molar-refractivity contribution >= 4 is 5.91 Å². The SMILES string of the molecule is O=C(NC1CCN(Cc2ccc(F)cc2)CC1)C1CC(F)(F)CN1. The Bertz CT molecular complexity index is 571. The first kappa shape index (κ1) is 17.2. The molecule has 2 N–H and O–H groups in total. The maximum atomic E-state index is 13.1. The number of alkyl halides is 2. The molecule has 0 aromatic heterocycles. The van der Waals surface area contributed by atoms with Crippen LogP contribution in [0.25, 0.3) is 0 Å². The molecule has 0 spiro atoms. The molecule has 3 rings (SSSR count). The second kappa shape index (κ2) is 7.11. The summed E-state index contributed by atoms with van der Waals surface area (Å²) in [7, 11) is 0. The number of hydrogen-bond donors (Lipinski definition) is 2. The number of likely N-dealkylation sites (tertiary alicyclic amines) is 1. The summed E-state index contributed by atoms with van der Waals surface area (Å²) in [5.41, 5.74) is 1.05. The van der Waals surface area contributed by atoms with Crippen molar-refractivity contribution in [2.75, 3.05) is 19.6 Å². The van der Waals surface area contributed by atoms with E-state index in [1.807, 2.05) is 0 Å². The van der Waals surface area contributed by atoms with Crippen molar-refractivity contribution in [3.05, 3.63) is 35.6 Å². The molecule has 4 nitrogen and oxygen atoms in total. The van der Waals surface area contributed by atoms with Crippen LogP contribution in [0.3, 0.4) is 0 Å². The lowest BCUT2D eigenvalue weighted by molar-refractivity contribution is -0.124. The summed E-state index contributed by atoms with van der Waals surface area (Å²) < 4.78 is 39.2. The maximum Gasteiger partial charge on any atom is 0.262 e. The van der Waals surface area contributed by atoms with Crippen LogP contribution in [0.2, 0.25) is 0 Å². The molecule has 0 saturated carbocycles. The molecule has 2 saturated heterocycles. The van der Waals surface area contributed by atoms with Gasteiger partial charge in [0.2, 0.25) is 5.91 Å². The Kier molecular flexibility index (Phi) is 5.10. The zero-order valence-corrected chi connectivity index (χ0v) is 13.4. The van der Waals surface area contributed by atoms with Gasteiger partial charge >= 0.3 is 0 Å². The van der Waals surface area contributed by atoms with Crippen molar-refractivity contribution in [2.24, 2.45) is 0 Å². The average molecular weight is 341 g/mol. The van der Waals surface area contributed by atoms with E-state index in [0.717, 1.165) is 38.0 Å². The fourth-order valence-corrected chi connectivity index (χ4v) is 3.29. The van der Waals surface area contributed by atoms with Crippen LogP contribution in [0.4, 0.5) is 13.2 Å². The van der Waals surface area contributed by atoms with Gasteiger partial charge in [-0.15, -0.1) is 0 Å². The molecule has 1 amide bonds. The molecule has 0 radical (unpaired) electrons. The van der Waals surface area contributed by atoms with Gasteiger partial charge in [0.25, 0.3) is 5.92 Å². The molecule has 2 aliphatic rings. The van der Waals surface area contributed by atoms with Crippen LogP contribution in [0, 0.1) is 5.82 Å². The number of nitrogens with zero attached hydrogens (tertiary/aromatic N) is 1. The van der Waals surface area contributed by atoms with Crippen molar-refractivity contribution < 1.29 is 18.0 Å². The molecule has 1 aromatic rings. The number of nitrogens with one attached hydrogen (secondary N) is 2. The van der Waals surface area contributed by atoms with Crippen molar-refractivity contribution in [2.45, 2.75) is 43.8 Å². The molecular weight excluding hydrogens is 319 g/mol. The van der Waals surface area contributed by atoms with E-state index in [1.165, 1.54) is 12.1 Å². The number of carbonyl (C=O) groups excluding carboxylic acids is 1. The summed E-state index contributed by atoms with van der Waals surface area (Å²) in [5.74, 6) is -3.36. The fraction of sp³-hybridized carbons (Fsp3) is 0.588. The molecule has 2 fully saturated rings. The summed E-state index contributed by atoms with van der Waals surface area (Å²) in [6, 6.07) is 5.68. The Hall–Kier alpha value is -1.60. The molecule has 1 unspecified atom stereocenters. The van der Waals surface area contributed by atoms with Crippen molar-refractivity contribution in [3.63, 3.8) is 0 Å². The van der Waals surface area contributed by atoms with Crippen molar-refractivity contribution in [1.29, 1.82) is 0 Å². The van der Waals surface area contributed by atoms with Crippen LogP contribution in [-0.4, -0.2) is 48.4 Å². The zero-order valence-electron chi connectivity index (χ0n) is 13.4. The van der Waals surface area contributed by atoms with Crippen LogP contribution in [-0.2, 0) is 11.3 Å². The molecule has 132 valence electrons. The lowest BCUT2D eigenvalue weighted by Crippen LogP contribution is -2.49. The third kappa shape index (κ3) is 4.48. The molecule has 7 heteroatoms. The quantitative estimate of drug-likeness (QED) is 0.879. The fourth-order valence-electron chi connectivity index (χ4n) is 3.29. The van der Waals surface area contributed by atoms with Crippen LogP contribution < -0.4 is 10.6 Å². The lowest BCUT2D eigenvalue weighted by Gasteiger charge is -2.32. The summed E-state index contributed by atoms with van der Waals surface area (Å²) in [6.45, 7) is 1.95. The second-order valence-corrected chi connectivity index (χ2v) is 6.68. The van der Waals surface area contributed by atoms with Gasteiger partial charge in [-0.1, -0.05) is 12.1 Å². The Balaban J connectivity index is 1.42. The van der Waals surface area contributed by atoms with E-state index in [1.54, 1.807) is 12.1 Å². The third-order valence-electron chi connectivity index (χ3n) is 4.68. The normalized spacial score (nSPS) is 24.9. The first-order chi connectivity index (χ1) is 11.4. The van der Waals surface area contributed by atoms with E-state index >= 15 is 0 Å². The number of hydrogen-bond acceptors (Lipinski definition) is 3. The molecular formula is C17H22F3N3O. The number of piperidine rings is 1. The number of halogens is 3. The molecule has 1 aromatic carbocycles. The van der Waals surface area contributed by atoms with Gasteiger partial charge in [0, 0.05) is 32.1 Å². The van der Waals surface area contributed by atoms with E-state index in [4.69, 9.17) is 0 Å². The zero-order chi connectivity index (χ0) is 17.2. The predicted molar refractivity (Wildman–Crippen MR) is 84.2 cm³/mol. The maximum absolute atomic E-state index is 13.1. The third-order valence-corrected chi connectivity index (χ3v) is 4.68. The largest absolute Gasteiger partial charge is 0.352 e. The van der Waals surface area contributed by atoms with Gasteiger partial charge in [-0.05, 0) is 30.5 Å². The number of rotatable bonds is 4. The second-order valence-electron chi connectivity index (χ2n) is 6.68. The minimum Gasteiger partial charge on any atom is -0.352 e. The number of amides is 1. The minimum atomic E-state index is -2.79. The topological polar surface area (TPSA) is 44.4 Å². The standard InChI is InChI=1S/C17H22F3N3O/c18-13-3-1-12(2-4-13)10-23-7-5-14(6-8-23)22-16(24)15-9-17(19,20)11-21-15/h1-4,14-15,21H,5-11H2,(H,22,24). The highest BCUT2D eigenvalue weighted by atomic mass is 19.3. The van der Waals surface area contributed by atoms with Crippen LogP contribution in [0.5, 0.6) is 0 Å². The Morgan fingerprint density at radius 1 is 1.25 bits per heavy atom. The van der Waals surface area contributed by atoms with Gasteiger partial charge in [-0.3, -0.25) is 15.0 Å². The summed E-state index contributed by atoms with van der Waals surface area (Å²) in [4.78, 5) is 14.3. The van der Waals surface area contributed by atoms with E-state index in [2.05, 4.69) is 15.5 Å². The predicted octanol–water partition coefficient (Wildman–Crippen LogP) is 1.90. The van der Waals surface area contributed by atoms with Gasteiger partial charge in [-0.2, -0.15) is 0 Å². The van der Waals surface area contributed by atoms with E-state index < -0.39 is 24.9 Å². The van der Waals surface area contributed by atoms with Gasteiger partial charge in [0.1, 0.15) is 5.82 Å². The minimum absolute atomic E-state index is 0.0259. The lowest BCUT2D eigenvalue weighted by atomic mass is 10.0. The molecule has 24 heavy (non-hydrogen) atoms. The molecule has 1 atom stereocenters. The first-order valence-corrected chi connectivity index (χ1v) is 8.30.